The summed E-state index contributed by atoms with van der Waals surface area (Å²) < 4.78 is 0. The average Bonchev–Trinajstić information content (AvgIpc) is 2.75. The molecule has 2 saturated heterocycles. The van der Waals surface area contributed by atoms with Crippen molar-refractivity contribution in [3.05, 3.63) is 12.3 Å². The van der Waals surface area contributed by atoms with E-state index >= 15 is 0 Å². The lowest BCUT2D eigenvalue weighted by molar-refractivity contribution is -0.122. The normalized spacial score (nSPS) is 19.3. The van der Waals surface area contributed by atoms with E-state index in [9.17, 15) is 4.79 Å². The zero-order valence-corrected chi connectivity index (χ0v) is 18.1. The van der Waals surface area contributed by atoms with Crippen molar-refractivity contribution in [1.82, 2.24) is 25.1 Å². The van der Waals surface area contributed by atoms with E-state index in [4.69, 9.17) is 0 Å². The van der Waals surface area contributed by atoms with Gasteiger partial charge in [0.05, 0.1) is 0 Å². The van der Waals surface area contributed by atoms with Crippen LogP contribution in [-0.2, 0) is 4.79 Å². The summed E-state index contributed by atoms with van der Waals surface area (Å²) in [4.78, 5) is 28.4. The van der Waals surface area contributed by atoms with Crippen molar-refractivity contribution < 1.29 is 4.79 Å². The van der Waals surface area contributed by atoms with Crippen LogP contribution in [0.5, 0.6) is 0 Å². The highest BCUT2D eigenvalue weighted by Crippen LogP contribution is 2.24. The molecule has 0 aromatic carbocycles. The second-order valence-corrected chi connectivity index (χ2v) is 8.03. The van der Waals surface area contributed by atoms with Crippen LogP contribution in [-0.4, -0.2) is 91.1 Å². The Kier molecular flexibility index (Phi) is 8.49. The van der Waals surface area contributed by atoms with E-state index < -0.39 is 0 Å². The Bertz CT molecular complexity index is 625. The van der Waals surface area contributed by atoms with Crippen LogP contribution in [0.25, 0.3) is 0 Å². The van der Waals surface area contributed by atoms with Crippen LogP contribution in [0.3, 0.4) is 0 Å². The van der Waals surface area contributed by atoms with Gasteiger partial charge >= 0.3 is 0 Å². The van der Waals surface area contributed by atoms with Crippen LogP contribution in [0.2, 0.25) is 0 Å². The first-order valence-electron chi connectivity index (χ1n) is 11.2. The standard InChI is InChI=1S/C21H37N7O/c1-3-22-21-24-8-5-19(25-21)28-10-6-18(7-11-28)17-20(29)23-9-12-27-15-13-26(4-2)14-16-27/h5,8,18H,3-4,6-7,9-17H2,1-2H3,(H,23,29)(H,22,24,25). The number of piperidine rings is 1. The van der Waals surface area contributed by atoms with Gasteiger partial charge in [0, 0.05) is 71.5 Å². The Balaban J connectivity index is 1.32. The summed E-state index contributed by atoms with van der Waals surface area (Å²) in [6, 6.07) is 1.97. The number of nitrogens with one attached hydrogen (secondary N) is 2. The average molecular weight is 404 g/mol. The van der Waals surface area contributed by atoms with Crippen molar-refractivity contribution in [2.45, 2.75) is 33.1 Å². The van der Waals surface area contributed by atoms with Gasteiger partial charge in [-0.15, -0.1) is 0 Å². The Hall–Kier alpha value is -1.93. The van der Waals surface area contributed by atoms with Gasteiger partial charge in [0.25, 0.3) is 0 Å². The van der Waals surface area contributed by atoms with Crippen LogP contribution in [0, 0.1) is 5.92 Å². The molecule has 2 fully saturated rings. The highest BCUT2D eigenvalue weighted by atomic mass is 16.1. The molecule has 162 valence electrons. The molecule has 3 heterocycles. The molecule has 0 unspecified atom stereocenters. The van der Waals surface area contributed by atoms with Gasteiger partial charge in [-0.2, -0.15) is 4.98 Å². The Labute approximate surface area is 175 Å². The summed E-state index contributed by atoms with van der Waals surface area (Å²) in [6.45, 7) is 14.3. The number of nitrogens with zero attached hydrogens (tertiary/aromatic N) is 5. The van der Waals surface area contributed by atoms with Crippen molar-refractivity contribution in [1.29, 1.82) is 0 Å². The highest BCUT2D eigenvalue weighted by Gasteiger charge is 2.23. The quantitative estimate of drug-likeness (QED) is 0.643. The van der Waals surface area contributed by atoms with Crippen LogP contribution >= 0.6 is 0 Å². The van der Waals surface area contributed by atoms with E-state index in [0.29, 0.717) is 18.3 Å². The fourth-order valence-corrected chi connectivity index (χ4v) is 4.15. The molecule has 1 aromatic heterocycles. The van der Waals surface area contributed by atoms with E-state index in [1.807, 2.05) is 19.2 Å². The number of hydrogen-bond donors (Lipinski definition) is 2. The molecule has 0 bridgehead atoms. The summed E-state index contributed by atoms with van der Waals surface area (Å²) in [5.74, 6) is 2.33. The Morgan fingerprint density at radius 2 is 1.83 bits per heavy atom. The SMILES string of the molecule is CCNc1nccc(N2CCC(CC(=O)NCCN3CCN(CC)CC3)CC2)n1. The molecule has 29 heavy (non-hydrogen) atoms. The van der Waals surface area contributed by atoms with E-state index in [2.05, 4.69) is 42.2 Å². The molecule has 0 aliphatic carbocycles. The number of likely N-dealkylation sites (N-methyl/N-ethyl adjacent to an activating group) is 1. The smallest absolute Gasteiger partial charge is 0.224 e. The Morgan fingerprint density at radius 3 is 2.52 bits per heavy atom. The van der Waals surface area contributed by atoms with Gasteiger partial charge in [0.1, 0.15) is 5.82 Å². The maximum absolute atomic E-state index is 12.3. The minimum absolute atomic E-state index is 0.201. The van der Waals surface area contributed by atoms with Crippen molar-refractivity contribution in [3.63, 3.8) is 0 Å². The number of hydrogen-bond acceptors (Lipinski definition) is 7. The number of anilines is 2. The van der Waals surface area contributed by atoms with Gasteiger partial charge < -0.3 is 20.4 Å². The zero-order valence-electron chi connectivity index (χ0n) is 18.1. The van der Waals surface area contributed by atoms with Crippen LogP contribution < -0.4 is 15.5 Å². The number of amides is 1. The van der Waals surface area contributed by atoms with Gasteiger partial charge in [-0.1, -0.05) is 6.92 Å². The molecule has 0 atom stereocenters. The molecule has 8 heteroatoms. The van der Waals surface area contributed by atoms with Crippen molar-refractivity contribution in [3.8, 4) is 0 Å². The van der Waals surface area contributed by atoms with Crippen LogP contribution in [0.4, 0.5) is 11.8 Å². The molecule has 1 aromatic rings. The molecule has 3 rings (SSSR count). The van der Waals surface area contributed by atoms with Gasteiger partial charge in [0.15, 0.2) is 0 Å². The van der Waals surface area contributed by atoms with E-state index in [-0.39, 0.29) is 5.91 Å². The van der Waals surface area contributed by atoms with Crippen molar-refractivity contribution in [2.24, 2.45) is 5.92 Å². The molecular formula is C21H37N7O. The lowest BCUT2D eigenvalue weighted by atomic mass is 9.93. The molecule has 1 amide bonds. The fourth-order valence-electron chi connectivity index (χ4n) is 4.15. The second-order valence-electron chi connectivity index (χ2n) is 8.03. The third-order valence-corrected chi connectivity index (χ3v) is 6.05. The fraction of sp³-hybridized carbons (Fsp3) is 0.762. The lowest BCUT2D eigenvalue weighted by Gasteiger charge is -2.34. The maximum atomic E-state index is 12.3. The summed E-state index contributed by atoms with van der Waals surface area (Å²) in [5.41, 5.74) is 0. The molecule has 8 nitrogen and oxygen atoms in total. The van der Waals surface area contributed by atoms with E-state index in [0.717, 1.165) is 84.1 Å². The largest absolute Gasteiger partial charge is 0.356 e. The van der Waals surface area contributed by atoms with Gasteiger partial charge in [-0.05, 0) is 38.3 Å². The van der Waals surface area contributed by atoms with E-state index in [1.54, 1.807) is 0 Å². The van der Waals surface area contributed by atoms with Gasteiger partial charge in [-0.3, -0.25) is 9.69 Å². The number of piperazine rings is 1. The van der Waals surface area contributed by atoms with Gasteiger partial charge in [0.2, 0.25) is 11.9 Å². The van der Waals surface area contributed by atoms with Crippen LogP contribution in [0.15, 0.2) is 12.3 Å². The highest BCUT2D eigenvalue weighted by molar-refractivity contribution is 5.76. The molecular weight excluding hydrogens is 366 g/mol. The molecule has 2 aliphatic rings. The summed E-state index contributed by atoms with van der Waals surface area (Å²) in [6.07, 6.45) is 4.52. The predicted molar refractivity (Wildman–Crippen MR) is 117 cm³/mol. The molecule has 0 spiro atoms. The molecule has 0 saturated carbocycles. The first-order valence-corrected chi connectivity index (χ1v) is 11.2. The first kappa shape index (κ1) is 21.8. The van der Waals surface area contributed by atoms with E-state index in [1.165, 1.54) is 0 Å². The second kappa shape index (κ2) is 11.3. The lowest BCUT2D eigenvalue weighted by Crippen LogP contribution is -2.48. The van der Waals surface area contributed by atoms with Crippen LogP contribution in [0.1, 0.15) is 33.1 Å². The molecule has 2 aliphatic heterocycles. The summed E-state index contributed by atoms with van der Waals surface area (Å²) in [5, 5.41) is 6.29. The Morgan fingerprint density at radius 1 is 1.10 bits per heavy atom. The zero-order chi connectivity index (χ0) is 20.5. The first-order chi connectivity index (χ1) is 14.2. The number of carbonyl (C=O) groups is 1. The van der Waals surface area contributed by atoms with Crippen molar-refractivity contribution in [2.75, 3.05) is 75.7 Å². The monoisotopic (exact) mass is 403 g/mol. The molecule has 2 N–H and O–H groups in total. The third-order valence-electron chi connectivity index (χ3n) is 6.05. The topological polar surface area (TPSA) is 76.6 Å². The third kappa shape index (κ3) is 6.82. The molecule has 0 radical (unpaired) electrons. The maximum Gasteiger partial charge on any atom is 0.224 e. The van der Waals surface area contributed by atoms with Gasteiger partial charge in [-0.25, -0.2) is 4.98 Å². The summed E-state index contributed by atoms with van der Waals surface area (Å²) >= 11 is 0. The minimum atomic E-state index is 0.201. The number of rotatable bonds is 9. The van der Waals surface area contributed by atoms with Crippen molar-refractivity contribution >= 4 is 17.7 Å². The number of carbonyl (C=O) groups excluding carboxylic acids is 1. The summed E-state index contributed by atoms with van der Waals surface area (Å²) in [7, 11) is 0. The number of aromatic nitrogens is 2. The minimum Gasteiger partial charge on any atom is -0.356 e. The predicted octanol–water partition coefficient (Wildman–Crippen LogP) is 1.27.